The number of hydrogen-bond acceptors (Lipinski definition) is 4. The number of aryl methyl sites for hydroxylation is 1. The highest BCUT2D eigenvalue weighted by Crippen LogP contribution is 2.24. The number of amides is 1. The van der Waals surface area contributed by atoms with Crippen LogP contribution < -0.4 is 14.8 Å². The highest BCUT2D eigenvalue weighted by molar-refractivity contribution is 5.93. The molecule has 1 amide bonds. The molecule has 25 heavy (non-hydrogen) atoms. The molecule has 0 bridgehead atoms. The number of carbonyl (C=O) groups is 1. The lowest BCUT2D eigenvalue weighted by atomic mass is 10.3. The quantitative estimate of drug-likeness (QED) is 0.716. The van der Waals surface area contributed by atoms with E-state index in [4.69, 9.17) is 9.47 Å². The van der Waals surface area contributed by atoms with Crippen LogP contribution in [0.2, 0.25) is 0 Å². The molecule has 1 aromatic carbocycles. The number of nitrogens with zero attached hydrogens (tertiary/aromatic N) is 2. The van der Waals surface area contributed by atoms with Gasteiger partial charge in [0.15, 0.2) is 18.0 Å². The van der Waals surface area contributed by atoms with Gasteiger partial charge in [0.25, 0.3) is 5.91 Å². The minimum absolute atomic E-state index is 0.103. The summed E-state index contributed by atoms with van der Waals surface area (Å²) >= 11 is 0. The van der Waals surface area contributed by atoms with Gasteiger partial charge < -0.3 is 19.2 Å². The summed E-state index contributed by atoms with van der Waals surface area (Å²) in [5.74, 6) is 0.975. The van der Waals surface area contributed by atoms with Crippen LogP contribution in [0.3, 0.4) is 0 Å². The second-order valence-electron chi connectivity index (χ2n) is 5.67. The summed E-state index contributed by atoms with van der Waals surface area (Å²) in [5.41, 5.74) is 2.22. The SMILES string of the molecule is CCCOc1ccccc1NC(=O)COc1cccn2cc(C)nc12. The molecule has 0 saturated carbocycles. The third kappa shape index (κ3) is 4.09. The van der Waals surface area contributed by atoms with Crippen LogP contribution >= 0.6 is 0 Å². The van der Waals surface area contributed by atoms with Gasteiger partial charge in [-0.3, -0.25) is 4.79 Å². The maximum atomic E-state index is 12.2. The molecule has 0 radical (unpaired) electrons. The first-order valence-electron chi connectivity index (χ1n) is 8.26. The lowest BCUT2D eigenvalue weighted by Crippen LogP contribution is -2.20. The molecule has 3 aromatic rings. The van der Waals surface area contributed by atoms with Crippen molar-refractivity contribution >= 4 is 17.2 Å². The van der Waals surface area contributed by atoms with Gasteiger partial charge >= 0.3 is 0 Å². The van der Waals surface area contributed by atoms with Crippen LogP contribution in [0.25, 0.3) is 5.65 Å². The van der Waals surface area contributed by atoms with E-state index in [2.05, 4.69) is 10.3 Å². The highest BCUT2D eigenvalue weighted by atomic mass is 16.5. The number of rotatable bonds is 7. The predicted molar refractivity (Wildman–Crippen MR) is 96.3 cm³/mol. The van der Waals surface area contributed by atoms with E-state index >= 15 is 0 Å². The summed E-state index contributed by atoms with van der Waals surface area (Å²) in [7, 11) is 0. The lowest BCUT2D eigenvalue weighted by molar-refractivity contribution is -0.118. The maximum Gasteiger partial charge on any atom is 0.262 e. The van der Waals surface area contributed by atoms with Crippen molar-refractivity contribution in [3.8, 4) is 11.5 Å². The number of para-hydroxylation sites is 2. The first kappa shape index (κ1) is 16.8. The lowest BCUT2D eigenvalue weighted by Gasteiger charge is -2.12. The third-order valence-electron chi connectivity index (χ3n) is 3.55. The normalized spacial score (nSPS) is 10.6. The molecule has 6 heteroatoms. The van der Waals surface area contributed by atoms with E-state index in [1.807, 2.05) is 61.0 Å². The Balaban J connectivity index is 1.65. The monoisotopic (exact) mass is 339 g/mol. The first-order chi connectivity index (χ1) is 12.2. The number of carbonyl (C=O) groups excluding carboxylic acids is 1. The molecular formula is C19H21N3O3. The molecule has 0 aliphatic heterocycles. The Morgan fingerprint density at radius 2 is 1.96 bits per heavy atom. The second-order valence-corrected chi connectivity index (χ2v) is 5.67. The van der Waals surface area contributed by atoms with Crippen LogP contribution in [0.15, 0.2) is 48.8 Å². The van der Waals surface area contributed by atoms with Crippen molar-refractivity contribution in [1.29, 1.82) is 0 Å². The zero-order chi connectivity index (χ0) is 17.6. The van der Waals surface area contributed by atoms with Gasteiger partial charge in [-0.15, -0.1) is 0 Å². The largest absolute Gasteiger partial charge is 0.491 e. The minimum atomic E-state index is -0.252. The van der Waals surface area contributed by atoms with Crippen molar-refractivity contribution in [1.82, 2.24) is 9.38 Å². The summed E-state index contributed by atoms with van der Waals surface area (Å²) in [4.78, 5) is 16.6. The molecule has 2 aromatic heterocycles. The second kappa shape index (κ2) is 7.70. The Bertz CT molecular complexity index is 873. The summed E-state index contributed by atoms with van der Waals surface area (Å²) in [6.45, 7) is 4.45. The van der Waals surface area contributed by atoms with Crippen LogP contribution in [0.1, 0.15) is 19.0 Å². The van der Waals surface area contributed by atoms with E-state index in [9.17, 15) is 4.79 Å². The van der Waals surface area contributed by atoms with Crippen molar-refractivity contribution < 1.29 is 14.3 Å². The summed E-state index contributed by atoms with van der Waals surface area (Å²) in [6.07, 6.45) is 4.70. The molecule has 0 unspecified atom stereocenters. The van der Waals surface area contributed by atoms with Gasteiger partial charge in [0.1, 0.15) is 5.75 Å². The van der Waals surface area contributed by atoms with Crippen LogP contribution in [0.5, 0.6) is 11.5 Å². The Morgan fingerprint density at radius 3 is 2.80 bits per heavy atom. The van der Waals surface area contributed by atoms with Gasteiger partial charge in [0.05, 0.1) is 18.0 Å². The summed E-state index contributed by atoms with van der Waals surface area (Å²) in [6, 6.07) is 11.0. The maximum absolute atomic E-state index is 12.2. The highest BCUT2D eigenvalue weighted by Gasteiger charge is 2.10. The standard InChI is InChI=1S/C19H21N3O3/c1-3-11-24-16-8-5-4-7-15(16)21-18(23)13-25-17-9-6-10-22-12-14(2)20-19(17)22/h4-10,12H,3,11,13H2,1-2H3,(H,21,23). The molecule has 1 N–H and O–H groups in total. The number of pyridine rings is 1. The molecule has 0 aliphatic carbocycles. The number of hydrogen-bond donors (Lipinski definition) is 1. The first-order valence-corrected chi connectivity index (χ1v) is 8.26. The van der Waals surface area contributed by atoms with E-state index in [0.717, 1.165) is 12.1 Å². The molecule has 130 valence electrons. The number of anilines is 1. The van der Waals surface area contributed by atoms with Crippen molar-refractivity contribution in [2.75, 3.05) is 18.5 Å². The van der Waals surface area contributed by atoms with E-state index in [1.165, 1.54) is 0 Å². The Labute approximate surface area is 146 Å². The fourth-order valence-electron chi connectivity index (χ4n) is 2.46. The number of imidazole rings is 1. The fraction of sp³-hybridized carbons (Fsp3) is 0.263. The average Bonchev–Trinajstić information content (AvgIpc) is 3.00. The molecular weight excluding hydrogens is 318 g/mol. The number of fused-ring (bicyclic) bond motifs is 1. The van der Waals surface area contributed by atoms with Gasteiger partial charge in [-0.1, -0.05) is 19.1 Å². The average molecular weight is 339 g/mol. The van der Waals surface area contributed by atoms with E-state index in [1.54, 1.807) is 6.07 Å². The predicted octanol–water partition coefficient (Wildman–Crippen LogP) is 3.45. The summed E-state index contributed by atoms with van der Waals surface area (Å²) < 4.78 is 13.2. The molecule has 3 rings (SSSR count). The summed E-state index contributed by atoms with van der Waals surface area (Å²) in [5, 5.41) is 2.83. The van der Waals surface area contributed by atoms with Gasteiger partial charge in [-0.05, 0) is 37.6 Å². The molecule has 0 aliphatic rings. The van der Waals surface area contributed by atoms with E-state index in [-0.39, 0.29) is 12.5 Å². The Morgan fingerprint density at radius 1 is 1.16 bits per heavy atom. The molecule has 0 fully saturated rings. The number of aromatic nitrogens is 2. The van der Waals surface area contributed by atoms with Crippen molar-refractivity contribution in [3.05, 3.63) is 54.5 Å². The zero-order valence-corrected chi connectivity index (χ0v) is 14.4. The van der Waals surface area contributed by atoms with Crippen LogP contribution in [-0.2, 0) is 4.79 Å². The van der Waals surface area contributed by atoms with Crippen LogP contribution in [0, 0.1) is 6.92 Å². The van der Waals surface area contributed by atoms with Crippen LogP contribution in [-0.4, -0.2) is 28.5 Å². The smallest absolute Gasteiger partial charge is 0.262 e. The minimum Gasteiger partial charge on any atom is -0.491 e. The number of nitrogens with one attached hydrogen (secondary N) is 1. The van der Waals surface area contributed by atoms with Gasteiger partial charge in [0, 0.05) is 12.4 Å². The topological polar surface area (TPSA) is 64.9 Å². The van der Waals surface area contributed by atoms with E-state index < -0.39 is 0 Å². The van der Waals surface area contributed by atoms with Crippen molar-refractivity contribution in [2.45, 2.75) is 20.3 Å². The van der Waals surface area contributed by atoms with Crippen LogP contribution in [0.4, 0.5) is 5.69 Å². The van der Waals surface area contributed by atoms with Gasteiger partial charge in [0.2, 0.25) is 0 Å². The van der Waals surface area contributed by atoms with Crippen molar-refractivity contribution in [2.24, 2.45) is 0 Å². The fourth-order valence-corrected chi connectivity index (χ4v) is 2.46. The van der Waals surface area contributed by atoms with Crippen molar-refractivity contribution in [3.63, 3.8) is 0 Å². The number of benzene rings is 1. The molecule has 0 atom stereocenters. The molecule has 0 saturated heterocycles. The number of ether oxygens (including phenoxy) is 2. The van der Waals surface area contributed by atoms with Gasteiger partial charge in [-0.25, -0.2) is 4.98 Å². The molecule has 0 spiro atoms. The Hall–Kier alpha value is -3.02. The van der Waals surface area contributed by atoms with E-state index in [0.29, 0.717) is 29.4 Å². The molecule has 2 heterocycles. The van der Waals surface area contributed by atoms with Gasteiger partial charge in [-0.2, -0.15) is 0 Å². The Kier molecular flexibility index (Phi) is 5.18. The third-order valence-corrected chi connectivity index (χ3v) is 3.55. The zero-order valence-electron chi connectivity index (χ0n) is 14.4. The molecule has 6 nitrogen and oxygen atoms in total.